The monoisotopic (exact) mass is 275 g/mol. The molecule has 1 aromatic rings. The summed E-state index contributed by atoms with van der Waals surface area (Å²) in [4.78, 5) is 18.8. The zero-order valence-corrected chi connectivity index (χ0v) is 12.8. The Morgan fingerprint density at radius 3 is 2.75 bits per heavy atom. The second-order valence-electron chi connectivity index (χ2n) is 5.64. The van der Waals surface area contributed by atoms with E-state index in [0.29, 0.717) is 11.0 Å². The Balaban J connectivity index is 2.17. The molecule has 0 unspecified atom stereocenters. The molecule has 0 spiro atoms. The van der Waals surface area contributed by atoms with Crippen LogP contribution >= 0.6 is 0 Å². The molecule has 1 aliphatic heterocycles. The molecule has 1 amide bonds. The van der Waals surface area contributed by atoms with Crippen molar-refractivity contribution in [1.82, 2.24) is 9.88 Å². The predicted molar refractivity (Wildman–Crippen MR) is 81.9 cm³/mol. The Bertz CT molecular complexity index is 469. The third-order valence-corrected chi connectivity index (χ3v) is 4.64. The van der Waals surface area contributed by atoms with Crippen LogP contribution in [0.5, 0.6) is 0 Å². The molecule has 0 atom stereocenters. The number of likely N-dealkylation sites (tertiary alicyclic amines) is 1. The fraction of sp³-hybridized carbons (Fsp3) is 0.625. The minimum Gasteiger partial charge on any atom is -0.385 e. The summed E-state index contributed by atoms with van der Waals surface area (Å²) < 4.78 is 0. The summed E-state index contributed by atoms with van der Waals surface area (Å²) in [7, 11) is 0. The van der Waals surface area contributed by atoms with Gasteiger partial charge < -0.3 is 10.2 Å². The second kappa shape index (κ2) is 6.25. The summed E-state index contributed by atoms with van der Waals surface area (Å²) in [5, 5.41) is 3.24. The molecule has 1 aliphatic rings. The van der Waals surface area contributed by atoms with Gasteiger partial charge in [0, 0.05) is 32.0 Å². The summed E-state index contributed by atoms with van der Waals surface area (Å²) in [5.74, 6) is 0.109. The van der Waals surface area contributed by atoms with E-state index >= 15 is 0 Å². The van der Waals surface area contributed by atoms with Crippen LogP contribution in [0.3, 0.4) is 0 Å². The van der Waals surface area contributed by atoms with Gasteiger partial charge in [0.15, 0.2) is 0 Å². The van der Waals surface area contributed by atoms with Gasteiger partial charge in [0.2, 0.25) is 0 Å². The van der Waals surface area contributed by atoms with Crippen molar-refractivity contribution in [2.45, 2.75) is 40.0 Å². The molecular formula is C16H25N3O. The SMILES string of the molecule is CCNc1ccncc1C(=O)N1CCC(CC)(CC)C1. The van der Waals surface area contributed by atoms with Crippen molar-refractivity contribution in [1.29, 1.82) is 0 Å². The lowest BCUT2D eigenvalue weighted by Crippen LogP contribution is -2.32. The molecule has 1 fully saturated rings. The minimum atomic E-state index is 0.109. The lowest BCUT2D eigenvalue weighted by molar-refractivity contribution is 0.0770. The van der Waals surface area contributed by atoms with E-state index in [1.54, 1.807) is 12.4 Å². The third kappa shape index (κ3) is 2.79. The van der Waals surface area contributed by atoms with Crippen LogP contribution < -0.4 is 5.32 Å². The molecule has 2 heterocycles. The van der Waals surface area contributed by atoms with E-state index in [1.807, 2.05) is 17.9 Å². The number of anilines is 1. The van der Waals surface area contributed by atoms with Gasteiger partial charge in [0.25, 0.3) is 5.91 Å². The van der Waals surface area contributed by atoms with E-state index < -0.39 is 0 Å². The first-order valence-electron chi connectivity index (χ1n) is 7.63. The number of hydrogen-bond donors (Lipinski definition) is 1. The maximum absolute atomic E-state index is 12.7. The predicted octanol–water partition coefficient (Wildman–Crippen LogP) is 3.17. The Morgan fingerprint density at radius 1 is 1.40 bits per heavy atom. The molecule has 4 heteroatoms. The topological polar surface area (TPSA) is 45.2 Å². The van der Waals surface area contributed by atoms with Gasteiger partial charge in [0.05, 0.1) is 11.3 Å². The van der Waals surface area contributed by atoms with E-state index in [0.717, 1.165) is 44.6 Å². The van der Waals surface area contributed by atoms with Crippen molar-refractivity contribution in [2.24, 2.45) is 5.41 Å². The number of hydrogen-bond acceptors (Lipinski definition) is 3. The van der Waals surface area contributed by atoms with Crippen LogP contribution in [0.15, 0.2) is 18.5 Å². The Hall–Kier alpha value is -1.58. The molecule has 0 aliphatic carbocycles. The molecule has 4 nitrogen and oxygen atoms in total. The smallest absolute Gasteiger partial charge is 0.257 e. The first-order valence-corrected chi connectivity index (χ1v) is 7.63. The third-order valence-electron chi connectivity index (χ3n) is 4.64. The summed E-state index contributed by atoms with van der Waals surface area (Å²) >= 11 is 0. The van der Waals surface area contributed by atoms with E-state index in [-0.39, 0.29) is 5.91 Å². The standard InChI is InChI=1S/C16H25N3O/c1-4-16(5-2)8-10-19(12-16)15(20)13-11-17-9-7-14(13)18-6-3/h7,9,11H,4-6,8,10,12H2,1-3H3,(H,17,18). The number of rotatable bonds is 5. The number of amides is 1. The van der Waals surface area contributed by atoms with E-state index in [4.69, 9.17) is 0 Å². The number of nitrogens with one attached hydrogen (secondary N) is 1. The lowest BCUT2D eigenvalue weighted by Gasteiger charge is -2.26. The zero-order chi connectivity index (χ0) is 14.6. The van der Waals surface area contributed by atoms with Crippen molar-refractivity contribution >= 4 is 11.6 Å². The molecule has 110 valence electrons. The van der Waals surface area contributed by atoms with Crippen molar-refractivity contribution < 1.29 is 4.79 Å². The van der Waals surface area contributed by atoms with Gasteiger partial charge in [-0.15, -0.1) is 0 Å². The molecular weight excluding hydrogens is 250 g/mol. The van der Waals surface area contributed by atoms with Gasteiger partial charge in [0.1, 0.15) is 0 Å². The number of carbonyl (C=O) groups excluding carboxylic acids is 1. The van der Waals surface area contributed by atoms with E-state index in [2.05, 4.69) is 24.1 Å². The van der Waals surface area contributed by atoms with Crippen LogP contribution in [0.1, 0.15) is 50.4 Å². The molecule has 1 aromatic heterocycles. The molecule has 1 saturated heterocycles. The fourth-order valence-electron chi connectivity index (χ4n) is 3.02. The normalized spacial score (nSPS) is 17.2. The average molecular weight is 275 g/mol. The summed E-state index contributed by atoms with van der Waals surface area (Å²) in [6.07, 6.45) is 6.79. The van der Waals surface area contributed by atoms with Crippen molar-refractivity contribution in [2.75, 3.05) is 25.0 Å². The van der Waals surface area contributed by atoms with Gasteiger partial charge in [-0.2, -0.15) is 0 Å². The average Bonchev–Trinajstić information content (AvgIpc) is 2.93. The molecule has 2 rings (SSSR count). The lowest BCUT2D eigenvalue weighted by atomic mass is 9.82. The van der Waals surface area contributed by atoms with E-state index in [9.17, 15) is 4.79 Å². The maximum atomic E-state index is 12.7. The number of aromatic nitrogens is 1. The highest BCUT2D eigenvalue weighted by atomic mass is 16.2. The number of nitrogens with zero attached hydrogens (tertiary/aromatic N) is 2. The fourth-order valence-corrected chi connectivity index (χ4v) is 3.02. The quantitative estimate of drug-likeness (QED) is 0.897. The zero-order valence-electron chi connectivity index (χ0n) is 12.8. The minimum absolute atomic E-state index is 0.109. The molecule has 1 N–H and O–H groups in total. The van der Waals surface area contributed by atoms with Crippen molar-refractivity contribution in [3.8, 4) is 0 Å². The Labute approximate surface area is 121 Å². The van der Waals surface area contributed by atoms with Crippen LogP contribution in [0.4, 0.5) is 5.69 Å². The van der Waals surface area contributed by atoms with Gasteiger partial charge in [-0.3, -0.25) is 9.78 Å². The van der Waals surface area contributed by atoms with Gasteiger partial charge in [-0.05, 0) is 37.7 Å². The molecule has 0 saturated carbocycles. The van der Waals surface area contributed by atoms with Crippen molar-refractivity contribution in [3.63, 3.8) is 0 Å². The number of pyridine rings is 1. The molecule has 0 aromatic carbocycles. The second-order valence-corrected chi connectivity index (χ2v) is 5.64. The van der Waals surface area contributed by atoms with Gasteiger partial charge in [-0.1, -0.05) is 13.8 Å². The van der Waals surface area contributed by atoms with Gasteiger partial charge in [-0.25, -0.2) is 0 Å². The van der Waals surface area contributed by atoms with Gasteiger partial charge >= 0.3 is 0 Å². The summed E-state index contributed by atoms with van der Waals surface area (Å²) in [5.41, 5.74) is 1.89. The first kappa shape index (κ1) is 14.8. The molecule has 20 heavy (non-hydrogen) atoms. The summed E-state index contributed by atoms with van der Waals surface area (Å²) in [6, 6.07) is 1.87. The number of carbonyl (C=O) groups is 1. The van der Waals surface area contributed by atoms with Crippen LogP contribution in [0.25, 0.3) is 0 Å². The van der Waals surface area contributed by atoms with E-state index in [1.165, 1.54) is 0 Å². The van der Waals surface area contributed by atoms with Crippen LogP contribution in [0, 0.1) is 5.41 Å². The molecule has 0 radical (unpaired) electrons. The van der Waals surface area contributed by atoms with Crippen molar-refractivity contribution in [3.05, 3.63) is 24.0 Å². The highest BCUT2D eigenvalue weighted by molar-refractivity contribution is 5.99. The highest BCUT2D eigenvalue weighted by Crippen LogP contribution is 2.37. The van der Waals surface area contributed by atoms with Crippen LogP contribution in [0.2, 0.25) is 0 Å². The highest BCUT2D eigenvalue weighted by Gasteiger charge is 2.37. The molecule has 0 bridgehead atoms. The summed E-state index contributed by atoms with van der Waals surface area (Å²) in [6.45, 7) is 9.03. The Morgan fingerprint density at radius 2 is 2.15 bits per heavy atom. The van der Waals surface area contributed by atoms with Crippen LogP contribution in [-0.2, 0) is 0 Å². The Kier molecular flexibility index (Phi) is 4.63. The van der Waals surface area contributed by atoms with Crippen LogP contribution in [-0.4, -0.2) is 35.4 Å². The largest absolute Gasteiger partial charge is 0.385 e. The first-order chi connectivity index (χ1) is 9.65. The maximum Gasteiger partial charge on any atom is 0.257 e.